The van der Waals surface area contributed by atoms with Gasteiger partial charge < -0.3 is 0 Å². The molecule has 0 amide bonds. The molecule has 0 aromatic heterocycles. The van der Waals surface area contributed by atoms with E-state index in [9.17, 15) is 12.6 Å². The number of sulfonamides is 1. The van der Waals surface area contributed by atoms with Gasteiger partial charge in [0.1, 0.15) is 0 Å². The molecule has 0 aliphatic carbocycles. The number of nitrogens with one attached hydrogen (secondary N) is 1. The summed E-state index contributed by atoms with van der Waals surface area (Å²) >= 11 is 0. The van der Waals surface area contributed by atoms with Crippen molar-refractivity contribution in [2.75, 3.05) is 22.0 Å². The molecule has 1 aromatic carbocycles. The maximum Gasteiger partial charge on any atom is 0.232 e. The van der Waals surface area contributed by atoms with Gasteiger partial charge in [0.25, 0.3) is 0 Å². The second kappa shape index (κ2) is 5.50. The number of hydrogen-bond acceptors (Lipinski definition) is 4. The second-order valence-electron chi connectivity index (χ2n) is 4.53. The summed E-state index contributed by atoms with van der Waals surface area (Å²) in [6, 6.07) is 6.67. The molecule has 106 valence electrons. The van der Waals surface area contributed by atoms with Crippen LogP contribution in [-0.4, -0.2) is 29.9 Å². The van der Waals surface area contributed by atoms with Crippen molar-refractivity contribution in [3.05, 3.63) is 24.3 Å². The molecule has 1 aromatic rings. The first-order valence-corrected chi connectivity index (χ1v) is 9.76. The summed E-state index contributed by atoms with van der Waals surface area (Å²) in [5, 5.41) is 0. The fourth-order valence-corrected chi connectivity index (χ4v) is 4.73. The van der Waals surface area contributed by atoms with Crippen LogP contribution in [-0.2, 0) is 19.8 Å². The molecule has 1 saturated heterocycles. The summed E-state index contributed by atoms with van der Waals surface area (Å²) < 4.78 is 41.8. The lowest BCUT2D eigenvalue weighted by Crippen LogP contribution is -2.14. The summed E-state index contributed by atoms with van der Waals surface area (Å²) in [7, 11) is -5.33. The van der Waals surface area contributed by atoms with Crippen LogP contribution in [0.1, 0.15) is 19.8 Å². The molecule has 1 aliphatic rings. The topological polar surface area (TPSA) is 75.6 Å². The molecule has 7 heteroatoms. The van der Waals surface area contributed by atoms with Gasteiger partial charge in [0, 0.05) is 17.2 Å². The average Bonchev–Trinajstić information content (AvgIpc) is 2.78. The van der Waals surface area contributed by atoms with E-state index in [1.165, 1.54) is 0 Å². The molecule has 1 aliphatic heterocycles. The molecule has 2 rings (SSSR count). The van der Waals surface area contributed by atoms with Crippen molar-refractivity contribution in [2.45, 2.75) is 19.8 Å². The number of rotatable bonds is 4. The Hall–Kier alpha value is -1.08. The molecule has 1 N–H and O–H groups in total. The molecule has 1 fully saturated rings. The Labute approximate surface area is 114 Å². The summed E-state index contributed by atoms with van der Waals surface area (Å²) in [5.41, 5.74) is 1.15. The maximum absolute atomic E-state index is 12.2. The van der Waals surface area contributed by atoms with E-state index < -0.39 is 19.8 Å². The van der Waals surface area contributed by atoms with Crippen molar-refractivity contribution < 1.29 is 12.6 Å². The van der Waals surface area contributed by atoms with Gasteiger partial charge in [-0.15, -0.1) is 0 Å². The van der Waals surface area contributed by atoms with Crippen LogP contribution >= 0.6 is 0 Å². The lowest BCUT2D eigenvalue weighted by Gasteiger charge is -2.06. The first-order chi connectivity index (χ1) is 8.92. The molecule has 0 bridgehead atoms. The highest BCUT2D eigenvalue weighted by Gasteiger charge is 2.16. The molecule has 0 spiro atoms. The summed E-state index contributed by atoms with van der Waals surface area (Å²) in [6.07, 6.45) is 1.94. The van der Waals surface area contributed by atoms with E-state index in [4.69, 9.17) is 0 Å². The molecule has 0 unspecified atom stereocenters. The minimum absolute atomic E-state index is 0.0347. The maximum atomic E-state index is 12.2. The van der Waals surface area contributed by atoms with E-state index in [0.717, 1.165) is 12.8 Å². The first-order valence-electron chi connectivity index (χ1n) is 6.25. The van der Waals surface area contributed by atoms with E-state index in [1.807, 2.05) is 0 Å². The van der Waals surface area contributed by atoms with Crippen LogP contribution in [0.3, 0.4) is 0 Å². The van der Waals surface area contributed by atoms with Crippen LogP contribution in [0.15, 0.2) is 28.6 Å². The fraction of sp³-hybridized carbons (Fsp3) is 0.500. The van der Waals surface area contributed by atoms with Gasteiger partial charge in [0.2, 0.25) is 10.0 Å². The van der Waals surface area contributed by atoms with Crippen molar-refractivity contribution in [2.24, 2.45) is 4.36 Å². The fourth-order valence-electron chi connectivity index (χ4n) is 1.88. The van der Waals surface area contributed by atoms with Gasteiger partial charge in [0.05, 0.1) is 21.2 Å². The highest BCUT2D eigenvalue weighted by atomic mass is 32.2. The minimum Gasteiger partial charge on any atom is -0.284 e. The molecule has 0 saturated carbocycles. The van der Waals surface area contributed by atoms with E-state index in [-0.39, 0.29) is 5.75 Å². The Morgan fingerprint density at radius 2 is 1.79 bits per heavy atom. The van der Waals surface area contributed by atoms with Crippen LogP contribution in [0, 0.1) is 0 Å². The van der Waals surface area contributed by atoms with Gasteiger partial charge in [-0.3, -0.25) is 4.72 Å². The lowest BCUT2D eigenvalue weighted by atomic mass is 10.3. The third-order valence-corrected chi connectivity index (χ3v) is 6.67. The number of anilines is 1. The Bertz CT molecular complexity index is 645. The number of nitrogens with zero attached hydrogens (tertiary/aromatic N) is 1. The SMILES string of the molecule is CCS(=O)(=O)Nc1ccc(N=S2(=O)CCCC2)cc1. The predicted octanol–water partition coefficient (Wildman–Crippen LogP) is 2.34. The smallest absolute Gasteiger partial charge is 0.232 e. The second-order valence-corrected chi connectivity index (χ2v) is 9.09. The van der Waals surface area contributed by atoms with Crippen molar-refractivity contribution in [1.29, 1.82) is 0 Å². The third kappa shape index (κ3) is 3.94. The van der Waals surface area contributed by atoms with E-state index in [0.29, 0.717) is 22.9 Å². The van der Waals surface area contributed by atoms with Crippen molar-refractivity contribution in [1.82, 2.24) is 0 Å². The zero-order chi connectivity index (χ0) is 13.9. The minimum atomic E-state index is -3.26. The van der Waals surface area contributed by atoms with Crippen molar-refractivity contribution in [3.63, 3.8) is 0 Å². The van der Waals surface area contributed by atoms with Gasteiger partial charge in [-0.05, 0) is 44.0 Å². The van der Waals surface area contributed by atoms with E-state index in [1.54, 1.807) is 31.2 Å². The molecule has 0 atom stereocenters. The van der Waals surface area contributed by atoms with Gasteiger partial charge >= 0.3 is 0 Å². The van der Waals surface area contributed by atoms with E-state index >= 15 is 0 Å². The van der Waals surface area contributed by atoms with Gasteiger partial charge in [-0.2, -0.15) is 4.36 Å². The zero-order valence-corrected chi connectivity index (χ0v) is 12.5. The molecular formula is C12H18N2O3S2. The average molecular weight is 302 g/mol. The quantitative estimate of drug-likeness (QED) is 0.927. The molecular weight excluding hydrogens is 284 g/mol. The summed E-state index contributed by atoms with van der Waals surface area (Å²) in [5.74, 6) is 1.36. The summed E-state index contributed by atoms with van der Waals surface area (Å²) in [4.78, 5) is 0. The van der Waals surface area contributed by atoms with E-state index in [2.05, 4.69) is 9.08 Å². The highest BCUT2D eigenvalue weighted by molar-refractivity contribution is 7.94. The van der Waals surface area contributed by atoms with Gasteiger partial charge in [-0.25, -0.2) is 12.6 Å². The molecule has 19 heavy (non-hydrogen) atoms. The molecule has 5 nitrogen and oxygen atoms in total. The predicted molar refractivity (Wildman–Crippen MR) is 78.7 cm³/mol. The monoisotopic (exact) mass is 302 g/mol. The number of benzene rings is 1. The summed E-state index contributed by atoms with van der Waals surface area (Å²) in [6.45, 7) is 1.58. The highest BCUT2D eigenvalue weighted by Crippen LogP contribution is 2.22. The van der Waals surface area contributed by atoms with Crippen LogP contribution in [0.4, 0.5) is 11.4 Å². The number of hydrogen-bond donors (Lipinski definition) is 1. The first kappa shape index (κ1) is 14.3. The third-order valence-electron chi connectivity index (χ3n) is 2.97. The van der Waals surface area contributed by atoms with Crippen LogP contribution in [0.25, 0.3) is 0 Å². The van der Waals surface area contributed by atoms with Gasteiger partial charge in [0.15, 0.2) is 0 Å². The standard InChI is InChI=1S/C12H18N2O3S2/c1-2-19(16,17)14-12-7-5-11(6-8-12)13-18(15)9-3-4-10-18/h5-8,14H,2-4,9-10H2,1H3. The Morgan fingerprint density at radius 3 is 2.32 bits per heavy atom. The Morgan fingerprint density at radius 1 is 1.21 bits per heavy atom. The van der Waals surface area contributed by atoms with Crippen LogP contribution in [0.5, 0.6) is 0 Å². The van der Waals surface area contributed by atoms with Gasteiger partial charge in [-0.1, -0.05) is 0 Å². The van der Waals surface area contributed by atoms with Crippen molar-refractivity contribution in [3.8, 4) is 0 Å². The van der Waals surface area contributed by atoms with Crippen LogP contribution < -0.4 is 4.72 Å². The molecule has 0 radical (unpaired) electrons. The van der Waals surface area contributed by atoms with Crippen molar-refractivity contribution >= 4 is 31.1 Å². The normalized spacial score (nSPS) is 18.2. The molecule has 1 heterocycles. The van der Waals surface area contributed by atoms with Crippen LogP contribution in [0.2, 0.25) is 0 Å². The Kier molecular flexibility index (Phi) is 4.15. The Balaban J connectivity index is 2.18. The largest absolute Gasteiger partial charge is 0.284 e. The lowest BCUT2D eigenvalue weighted by molar-refractivity contribution is 0.602. The zero-order valence-electron chi connectivity index (χ0n) is 10.8.